The van der Waals surface area contributed by atoms with E-state index in [0.717, 1.165) is 23.0 Å². The van der Waals surface area contributed by atoms with E-state index in [1.807, 2.05) is 18.5 Å². The van der Waals surface area contributed by atoms with E-state index in [0.29, 0.717) is 0 Å². The SMILES string of the molecule is CC(=O)SC1=C2n3ccnc3N3C=CC=CC23C=CC1. The maximum atomic E-state index is 11.5. The molecule has 0 N–H and O–H groups in total. The van der Waals surface area contributed by atoms with E-state index in [9.17, 15) is 4.79 Å². The van der Waals surface area contributed by atoms with Crippen LogP contribution in [0, 0.1) is 0 Å². The number of hydrogen-bond donors (Lipinski definition) is 0. The lowest BCUT2D eigenvalue weighted by Gasteiger charge is -2.36. The average Bonchev–Trinajstić information content (AvgIpc) is 2.96. The molecule has 1 atom stereocenters. The fourth-order valence-electron chi connectivity index (χ4n) is 3.09. The first-order chi connectivity index (χ1) is 9.72. The number of hydrogen-bond acceptors (Lipinski definition) is 4. The predicted octanol–water partition coefficient (Wildman–Crippen LogP) is 2.93. The molecule has 2 aliphatic heterocycles. The van der Waals surface area contributed by atoms with Crippen molar-refractivity contribution in [1.82, 2.24) is 9.55 Å². The van der Waals surface area contributed by atoms with Gasteiger partial charge in [0.05, 0.1) is 5.70 Å². The number of anilines is 1. The Labute approximate surface area is 121 Å². The number of allylic oxidation sites excluding steroid dienone is 4. The Morgan fingerprint density at radius 3 is 3.15 bits per heavy atom. The summed E-state index contributed by atoms with van der Waals surface area (Å²) in [6.07, 6.45) is 17.1. The molecule has 0 amide bonds. The average molecular weight is 283 g/mol. The van der Waals surface area contributed by atoms with Crippen LogP contribution in [0.1, 0.15) is 13.3 Å². The number of rotatable bonds is 1. The molecule has 1 aliphatic carbocycles. The zero-order valence-electron chi connectivity index (χ0n) is 11.0. The van der Waals surface area contributed by atoms with Crippen molar-refractivity contribution in [2.75, 3.05) is 4.90 Å². The minimum atomic E-state index is -0.325. The third kappa shape index (κ3) is 1.38. The predicted molar refractivity (Wildman–Crippen MR) is 81.0 cm³/mol. The van der Waals surface area contributed by atoms with E-state index >= 15 is 0 Å². The maximum Gasteiger partial charge on any atom is 0.215 e. The molecule has 1 aromatic heterocycles. The molecule has 5 heteroatoms. The van der Waals surface area contributed by atoms with Crippen molar-refractivity contribution >= 4 is 28.5 Å². The molecule has 4 rings (SSSR count). The summed E-state index contributed by atoms with van der Waals surface area (Å²) in [7, 11) is 0. The molecule has 0 bridgehead atoms. The highest BCUT2D eigenvalue weighted by atomic mass is 32.2. The summed E-state index contributed by atoms with van der Waals surface area (Å²) in [5, 5.41) is 0.119. The van der Waals surface area contributed by atoms with Crippen molar-refractivity contribution in [1.29, 1.82) is 0 Å². The molecule has 1 spiro atoms. The Bertz CT molecular complexity index is 725. The lowest BCUT2D eigenvalue weighted by Crippen LogP contribution is -2.42. The van der Waals surface area contributed by atoms with E-state index in [4.69, 9.17) is 0 Å². The fourth-order valence-corrected chi connectivity index (χ4v) is 3.97. The molecule has 0 aromatic carbocycles. The second-order valence-electron chi connectivity index (χ2n) is 4.97. The zero-order chi connectivity index (χ0) is 13.7. The summed E-state index contributed by atoms with van der Waals surface area (Å²) in [6, 6.07) is 0. The van der Waals surface area contributed by atoms with Gasteiger partial charge in [-0.1, -0.05) is 30.0 Å². The second kappa shape index (κ2) is 3.99. The van der Waals surface area contributed by atoms with Crippen LogP contribution in [-0.2, 0) is 4.79 Å². The number of aromatic nitrogens is 2. The molecule has 0 saturated heterocycles. The summed E-state index contributed by atoms with van der Waals surface area (Å²) in [6.45, 7) is 1.61. The Morgan fingerprint density at radius 2 is 2.30 bits per heavy atom. The van der Waals surface area contributed by atoms with Crippen LogP contribution in [0.2, 0.25) is 0 Å². The highest BCUT2D eigenvalue weighted by Gasteiger charge is 2.48. The van der Waals surface area contributed by atoms with Crippen LogP contribution in [0.5, 0.6) is 0 Å². The molecule has 1 aromatic rings. The summed E-state index contributed by atoms with van der Waals surface area (Å²) >= 11 is 1.33. The number of nitrogens with zero attached hydrogens (tertiary/aromatic N) is 3. The molecule has 0 fully saturated rings. The van der Waals surface area contributed by atoms with Gasteiger partial charge < -0.3 is 0 Å². The van der Waals surface area contributed by atoms with E-state index in [1.165, 1.54) is 11.8 Å². The van der Waals surface area contributed by atoms with Crippen LogP contribution in [0.25, 0.3) is 5.70 Å². The monoisotopic (exact) mass is 283 g/mol. The molecular formula is C15H13N3OS. The van der Waals surface area contributed by atoms with Crippen molar-refractivity contribution in [2.45, 2.75) is 18.9 Å². The van der Waals surface area contributed by atoms with Crippen LogP contribution in [0.15, 0.2) is 53.9 Å². The van der Waals surface area contributed by atoms with E-state index in [2.05, 4.69) is 38.8 Å². The van der Waals surface area contributed by atoms with Gasteiger partial charge in [-0.15, -0.1) is 0 Å². The van der Waals surface area contributed by atoms with Crippen molar-refractivity contribution in [3.63, 3.8) is 0 Å². The highest BCUT2D eigenvalue weighted by molar-refractivity contribution is 8.17. The number of imidazole rings is 1. The first-order valence-electron chi connectivity index (χ1n) is 6.51. The van der Waals surface area contributed by atoms with Gasteiger partial charge in [-0.3, -0.25) is 14.3 Å². The summed E-state index contributed by atoms with van der Waals surface area (Å²) in [5.74, 6) is 0.897. The summed E-state index contributed by atoms with van der Waals surface area (Å²) in [4.78, 5) is 19.2. The second-order valence-corrected chi connectivity index (χ2v) is 6.24. The van der Waals surface area contributed by atoms with Crippen LogP contribution in [0.4, 0.5) is 5.95 Å². The molecule has 3 aliphatic rings. The van der Waals surface area contributed by atoms with E-state index in [1.54, 1.807) is 13.1 Å². The van der Waals surface area contributed by atoms with Gasteiger partial charge in [-0.05, 0) is 18.6 Å². The quantitative estimate of drug-likeness (QED) is 0.743. The van der Waals surface area contributed by atoms with Crippen molar-refractivity contribution in [3.8, 4) is 0 Å². The molecule has 1 unspecified atom stereocenters. The number of fused-ring (bicyclic) bond motifs is 3. The topological polar surface area (TPSA) is 38.1 Å². The smallest absolute Gasteiger partial charge is 0.215 e. The van der Waals surface area contributed by atoms with Gasteiger partial charge in [-0.2, -0.15) is 0 Å². The molecular weight excluding hydrogens is 270 g/mol. The molecule has 100 valence electrons. The minimum absolute atomic E-state index is 0.119. The van der Waals surface area contributed by atoms with Gasteiger partial charge in [0.25, 0.3) is 0 Å². The Balaban J connectivity index is 1.99. The van der Waals surface area contributed by atoms with E-state index in [-0.39, 0.29) is 10.7 Å². The van der Waals surface area contributed by atoms with Gasteiger partial charge >= 0.3 is 0 Å². The van der Waals surface area contributed by atoms with Crippen molar-refractivity contribution < 1.29 is 4.79 Å². The third-order valence-electron chi connectivity index (χ3n) is 3.76. The lowest BCUT2D eigenvalue weighted by atomic mass is 9.87. The Morgan fingerprint density at radius 1 is 1.40 bits per heavy atom. The first kappa shape index (κ1) is 11.8. The van der Waals surface area contributed by atoms with Gasteiger partial charge in [-0.25, -0.2) is 4.98 Å². The molecule has 4 nitrogen and oxygen atoms in total. The van der Waals surface area contributed by atoms with Gasteiger partial charge in [0.15, 0.2) is 5.12 Å². The standard InChI is InChI=1S/C15H13N3OS/c1-11(19)20-12-5-4-7-15-6-2-3-9-18(15)14-16-8-10-17(14)13(12)15/h2-4,6-10H,5H2,1H3. The van der Waals surface area contributed by atoms with Crippen molar-refractivity contribution in [2.24, 2.45) is 0 Å². The van der Waals surface area contributed by atoms with Crippen LogP contribution in [-0.4, -0.2) is 20.2 Å². The van der Waals surface area contributed by atoms with Gasteiger partial charge in [0.1, 0.15) is 5.54 Å². The van der Waals surface area contributed by atoms with Crippen molar-refractivity contribution in [3.05, 3.63) is 53.9 Å². The summed E-state index contributed by atoms with van der Waals surface area (Å²) in [5.41, 5.74) is 0.808. The number of carbonyl (C=O) groups is 1. The molecule has 0 saturated carbocycles. The lowest BCUT2D eigenvalue weighted by molar-refractivity contribution is -0.109. The van der Waals surface area contributed by atoms with Crippen LogP contribution < -0.4 is 4.90 Å². The Kier molecular flexibility index (Phi) is 2.35. The Hall–Kier alpha value is -2.01. The number of thioether (sulfide) groups is 1. The molecule has 20 heavy (non-hydrogen) atoms. The largest absolute Gasteiger partial charge is 0.299 e. The zero-order valence-corrected chi connectivity index (χ0v) is 11.8. The number of carbonyl (C=O) groups excluding carboxylic acids is 1. The normalized spacial score (nSPS) is 25.8. The summed E-state index contributed by atoms with van der Waals surface area (Å²) < 4.78 is 2.09. The van der Waals surface area contributed by atoms with Gasteiger partial charge in [0.2, 0.25) is 5.95 Å². The molecule has 3 heterocycles. The van der Waals surface area contributed by atoms with E-state index < -0.39 is 0 Å². The highest BCUT2D eigenvalue weighted by Crippen LogP contribution is 2.50. The maximum absolute atomic E-state index is 11.5. The fraction of sp³-hybridized carbons (Fsp3) is 0.200. The van der Waals surface area contributed by atoms with Gasteiger partial charge in [0, 0.05) is 30.4 Å². The van der Waals surface area contributed by atoms with Crippen LogP contribution in [0.3, 0.4) is 0 Å². The minimum Gasteiger partial charge on any atom is -0.299 e. The molecule has 0 radical (unpaired) electrons. The third-order valence-corrected chi connectivity index (χ3v) is 4.65. The van der Waals surface area contributed by atoms with Crippen LogP contribution >= 0.6 is 11.8 Å². The first-order valence-corrected chi connectivity index (χ1v) is 7.33.